The summed E-state index contributed by atoms with van der Waals surface area (Å²) in [4.78, 5) is 10.2. The quantitative estimate of drug-likeness (QED) is 0.708. The molecule has 0 saturated heterocycles. The van der Waals surface area contributed by atoms with Crippen LogP contribution in [-0.4, -0.2) is 12.6 Å². The van der Waals surface area contributed by atoms with E-state index in [1.807, 2.05) is 0 Å². The Labute approximate surface area is 92.9 Å². The van der Waals surface area contributed by atoms with Crippen molar-refractivity contribution in [2.24, 2.45) is 0 Å². The second-order valence-corrected chi connectivity index (χ2v) is 3.34. The Morgan fingerprint density at radius 2 is 2.33 bits per heavy atom. The van der Waals surface area contributed by atoms with Gasteiger partial charge < -0.3 is 14.6 Å². The van der Waals surface area contributed by atoms with Crippen LogP contribution in [0.3, 0.4) is 0 Å². The van der Waals surface area contributed by atoms with Crippen LogP contribution < -0.4 is 9.84 Å². The maximum absolute atomic E-state index is 10.2. The van der Waals surface area contributed by atoms with Crippen molar-refractivity contribution in [3.63, 3.8) is 0 Å². The van der Waals surface area contributed by atoms with E-state index in [1.165, 1.54) is 0 Å². The van der Waals surface area contributed by atoms with Crippen LogP contribution in [0, 0.1) is 0 Å². The molecule has 0 aliphatic carbocycles. The SMILES string of the molecule is C=CCc1cc(Cl)ccc1OCC(=O)[O-]. The van der Waals surface area contributed by atoms with Crippen LogP contribution in [0.25, 0.3) is 0 Å². The van der Waals surface area contributed by atoms with E-state index in [2.05, 4.69) is 6.58 Å². The third-order valence-corrected chi connectivity index (χ3v) is 1.97. The fourth-order valence-corrected chi connectivity index (χ4v) is 1.34. The minimum atomic E-state index is -1.26. The van der Waals surface area contributed by atoms with E-state index < -0.39 is 12.6 Å². The Bertz CT molecular complexity index is 374. The van der Waals surface area contributed by atoms with Gasteiger partial charge in [-0.15, -0.1) is 6.58 Å². The van der Waals surface area contributed by atoms with E-state index >= 15 is 0 Å². The van der Waals surface area contributed by atoms with Gasteiger partial charge in [-0.1, -0.05) is 17.7 Å². The van der Waals surface area contributed by atoms with Crippen molar-refractivity contribution >= 4 is 17.6 Å². The zero-order valence-electron chi connectivity index (χ0n) is 8.03. The number of benzene rings is 1. The lowest BCUT2D eigenvalue weighted by Gasteiger charge is -2.11. The van der Waals surface area contributed by atoms with E-state index in [4.69, 9.17) is 16.3 Å². The average Bonchev–Trinajstić information content (AvgIpc) is 2.17. The molecular weight excluding hydrogens is 216 g/mol. The molecule has 0 aliphatic heterocycles. The standard InChI is InChI=1S/C11H11ClO3/c1-2-3-8-6-9(12)4-5-10(8)15-7-11(13)14/h2,4-6H,1,3,7H2,(H,13,14)/p-1. The summed E-state index contributed by atoms with van der Waals surface area (Å²) in [7, 11) is 0. The molecule has 0 aromatic heterocycles. The first kappa shape index (κ1) is 11.6. The van der Waals surface area contributed by atoms with Gasteiger partial charge in [0.15, 0.2) is 0 Å². The maximum atomic E-state index is 10.2. The monoisotopic (exact) mass is 225 g/mol. The Morgan fingerprint density at radius 1 is 1.60 bits per heavy atom. The zero-order valence-corrected chi connectivity index (χ0v) is 8.79. The topological polar surface area (TPSA) is 49.4 Å². The van der Waals surface area contributed by atoms with Gasteiger partial charge in [0.1, 0.15) is 12.4 Å². The molecule has 80 valence electrons. The van der Waals surface area contributed by atoms with Crippen molar-refractivity contribution in [2.75, 3.05) is 6.61 Å². The van der Waals surface area contributed by atoms with E-state index in [1.54, 1.807) is 24.3 Å². The van der Waals surface area contributed by atoms with E-state index in [0.717, 1.165) is 5.56 Å². The third-order valence-electron chi connectivity index (χ3n) is 1.73. The van der Waals surface area contributed by atoms with Gasteiger partial charge in [-0.25, -0.2) is 0 Å². The number of hydrogen-bond acceptors (Lipinski definition) is 3. The number of ether oxygens (including phenoxy) is 1. The summed E-state index contributed by atoms with van der Waals surface area (Å²) in [5, 5.41) is 10.8. The summed E-state index contributed by atoms with van der Waals surface area (Å²) in [5.41, 5.74) is 0.804. The Morgan fingerprint density at radius 3 is 2.93 bits per heavy atom. The van der Waals surface area contributed by atoms with Gasteiger partial charge >= 0.3 is 0 Å². The molecule has 0 fully saturated rings. The number of hydrogen-bond donors (Lipinski definition) is 0. The summed E-state index contributed by atoms with van der Waals surface area (Å²) >= 11 is 5.80. The molecule has 0 amide bonds. The minimum absolute atomic E-state index is 0.466. The number of halogens is 1. The summed E-state index contributed by atoms with van der Waals surface area (Å²) in [6.07, 6.45) is 2.26. The summed E-state index contributed by atoms with van der Waals surface area (Å²) < 4.78 is 5.04. The average molecular weight is 226 g/mol. The molecule has 0 aliphatic rings. The molecule has 0 spiro atoms. The zero-order chi connectivity index (χ0) is 11.3. The molecule has 0 bridgehead atoms. The smallest absolute Gasteiger partial charge is 0.128 e. The molecule has 0 heterocycles. The molecular formula is C11H10ClO3-. The van der Waals surface area contributed by atoms with E-state index in [0.29, 0.717) is 17.2 Å². The molecule has 0 unspecified atom stereocenters. The number of carboxylic acids is 1. The van der Waals surface area contributed by atoms with Crippen molar-refractivity contribution in [1.29, 1.82) is 0 Å². The fraction of sp³-hybridized carbons (Fsp3) is 0.182. The molecule has 0 saturated carbocycles. The molecule has 15 heavy (non-hydrogen) atoms. The highest BCUT2D eigenvalue weighted by atomic mass is 35.5. The highest BCUT2D eigenvalue weighted by molar-refractivity contribution is 6.30. The predicted octanol–water partition coefficient (Wildman–Crippen LogP) is 1.20. The van der Waals surface area contributed by atoms with Crippen LogP contribution in [0.5, 0.6) is 5.75 Å². The fourth-order valence-electron chi connectivity index (χ4n) is 1.14. The van der Waals surface area contributed by atoms with Crippen LogP contribution in [0.15, 0.2) is 30.9 Å². The molecule has 1 aromatic rings. The van der Waals surface area contributed by atoms with Gasteiger partial charge in [0.05, 0.1) is 5.97 Å². The molecule has 0 atom stereocenters. The van der Waals surface area contributed by atoms with E-state index in [9.17, 15) is 9.90 Å². The first-order valence-electron chi connectivity index (χ1n) is 4.35. The Hall–Kier alpha value is -1.48. The normalized spacial score (nSPS) is 9.67. The van der Waals surface area contributed by atoms with Crippen LogP contribution in [0.1, 0.15) is 5.56 Å². The molecule has 1 aromatic carbocycles. The maximum Gasteiger partial charge on any atom is 0.128 e. The van der Waals surface area contributed by atoms with Crippen molar-refractivity contribution < 1.29 is 14.6 Å². The summed E-state index contributed by atoms with van der Waals surface area (Å²) in [6, 6.07) is 4.98. The van der Waals surface area contributed by atoms with Crippen molar-refractivity contribution in [2.45, 2.75) is 6.42 Å². The lowest BCUT2D eigenvalue weighted by atomic mass is 10.1. The second kappa shape index (κ2) is 5.41. The lowest BCUT2D eigenvalue weighted by Crippen LogP contribution is -2.29. The van der Waals surface area contributed by atoms with Gasteiger partial charge in [0.2, 0.25) is 0 Å². The first-order chi connectivity index (χ1) is 7.13. The van der Waals surface area contributed by atoms with Gasteiger partial charge in [-0.3, -0.25) is 0 Å². The number of carbonyl (C=O) groups excluding carboxylic acids is 1. The summed E-state index contributed by atoms with van der Waals surface area (Å²) in [6.45, 7) is 3.13. The van der Waals surface area contributed by atoms with Gasteiger partial charge in [0, 0.05) is 5.02 Å². The number of rotatable bonds is 5. The molecule has 4 heteroatoms. The first-order valence-corrected chi connectivity index (χ1v) is 4.73. The molecule has 0 N–H and O–H groups in total. The molecule has 0 radical (unpaired) electrons. The minimum Gasteiger partial charge on any atom is -0.546 e. The van der Waals surface area contributed by atoms with Crippen LogP contribution in [0.2, 0.25) is 5.02 Å². The Balaban J connectivity index is 2.84. The number of aliphatic carboxylic acids is 1. The van der Waals surface area contributed by atoms with Crippen molar-refractivity contribution in [1.82, 2.24) is 0 Å². The highest BCUT2D eigenvalue weighted by Gasteiger charge is 2.03. The number of carboxylic acid groups (broad SMARTS) is 1. The molecule has 1 rings (SSSR count). The lowest BCUT2D eigenvalue weighted by molar-refractivity contribution is -0.307. The number of allylic oxidation sites excluding steroid dienone is 1. The van der Waals surface area contributed by atoms with Crippen molar-refractivity contribution in [3.05, 3.63) is 41.4 Å². The van der Waals surface area contributed by atoms with Crippen molar-refractivity contribution in [3.8, 4) is 5.75 Å². The third kappa shape index (κ3) is 3.64. The largest absolute Gasteiger partial charge is 0.546 e. The van der Waals surface area contributed by atoms with Crippen LogP contribution in [0.4, 0.5) is 0 Å². The number of carbonyl (C=O) groups is 1. The van der Waals surface area contributed by atoms with Gasteiger partial charge in [-0.2, -0.15) is 0 Å². The second-order valence-electron chi connectivity index (χ2n) is 2.91. The van der Waals surface area contributed by atoms with E-state index in [-0.39, 0.29) is 0 Å². The predicted molar refractivity (Wildman–Crippen MR) is 55.9 cm³/mol. The van der Waals surface area contributed by atoms with Gasteiger partial charge in [0.25, 0.3) is 0 Å². The van der Waals surface area contributed by atoms with Gasteiger partial charge in [-0.05, 0) is 30.2 Å². The highest BCUT2D eigenvalue weighted by Crippen LogP contribution is 2.23. The van der Waals surface area contributed by atoms with Crippen LogP contribution >= 0.6 is 11.6 Å². The molecule has 3 nitrogen and oxygen atoms in total. The summed E-state index contributed by atoms with van der Waals surface area (Å²) in [5.74, 6) is -0.766. The Kier molecular flexibility index (Phi) is 4.18. The van der Waals surface area contributed by atoms with Crippen LogP contribution in [-0.2, 0) is 11.2 Å².